The Morgan fingerprint density at radius 2 is 1.90 bits per heavy atom. The van der Waals surface area contributed by atoms with Gasteiger partial charge >= 0.3 is 0 Å². The number of H-pyrrole nitrogens is 1. The van der Waals surface area contributed by atoms with Gasteiger partial charge in [0.2, 0.25) is 5.91 Å². The van der Waals surface area contributed by atoms with Gasteiger partial charge in [0.15, 0.2) is 5.16 Å². The van der Waals surface area contributed by atoms with Crippen molar-refractivity contribution in [1.29, 1.82) is 0 Å². The maximum atomic E-state index is 13.3. The second-order valence-corrected chi connectivity index (χ2v) is 8.62. The number of carbonyl (C=O) groups excluding carboxylic acids is 1. The predicted octanol–water partition coefficient (Wildman–Crippen LogP) is 5.24. The fourth-order valence-electron chi connectivity index (χ4n) is 3.86. The molecule has 0 spiro atoms. The van der Waals surface area contributed by atoms with Crippen LogP contribution in [0, 0.1) is 0 Å². The molecule has 1 aliphatic rings. The van der Waals surface area contributed by atoms with Gasteiger partial charge in [-0.05, 0) is 30.5 Å². The van der Waals surface area contributed by atoms with E-state index in [0.717, 1.165) is 40.3 Å². The Labute approximate surface area is 175 Å². The quantitative estimate of drug-likeness (QED) is 0.431. The third-order valence-corrected chi connectivity index (χ3v) is 6.58. The highest BCUT2D eigenvalue weighted by molar-refractivity contribution is 8.00. The highest BCUT2D eigenvalue weighted by Crippen LogP contribution is 2.35. The van der Waals surface area contributed by atoms with Crippen molar-refractivity contribution in [3.8, 4) is 5.75 Å². The second kappa shape index (κ2) is 9.35. The van der Waals surface area contributed by atoms with Crippen LogP contribution in [0.5, 0.6) is 5.75 Å². The standard InChI is InChI=1S/C23H27N3O2S/c1-28-18-13-14-19-20(15-18)26-23(25-19)29-21(16-9-5-4-6-10-16)22(27)24-17-11-7-2-3-8-12-17/h4-6,9-10,13-15,17,21H,2-3,7-8,11-12H2,1H3,(H,24,27)(H,25,26)/t21-/m1/s1. The number of aromatic amines is 1. The molecule has 29 heavy (non-hydrogen) atoms. The minimum Gasteiger partial charge on any atom is -0.497 e. The van der Waals surface area contributed by atoms with Crippen molar-refractivity contribution in [1.82, 2.24) is 15.3 Å². The van der Waals surface area contributed by atoms with E-state index in [9.17, 15) is 4.79 Å². The molecule has 4 rings (SSSR count). The van der Waals surface area contributed by atoms with Crippen LogP contribution in [0.2, 0.25) is 0 Å². The average molecular weight is 410 g/mol. The number of amides is 1. The van der Waals surface area contributed by atoms with Gasteiger partial charge in [-0.15, -0.1) is 0 Å². The Bertz CT molecular complexity index is 949. The number of methoxy groups -OCH3 is 1. The fraction of sp³-hybridized carbons (Fsp3) is 0.391. The normalized spacial score (nSPS) is 16.3. The summed E-state index contributed by atoms with van der Waals surface area (Å²) in [6, 6.07) is 16.0. The highest BCUT2D eigenvalue weighted by Gasteiger charge is 2.26. The topological polar surface area (TPSA) is 67.0 Å². The summed E-state index contributed by atoms with van der Waals surface area (Å²) in [6.45, 7) is 0. The number of rotatable bonds is 6. The molecule has 152 valence electrons. The van der Waals surface area contributed by atoms with Crippen LogP contribution in [0.25, 0.3) is 11.0 Å². The number of nitrogens with zero attached hydrogens (tertiary/aromatic N) is 1. The van der Waals surface area contributed by atoms with E-state index in [1.165, 1.54) is 37.4 Å². The SMILES string of the molecule is COc1ccc2nc(S[C@@H](C(=O)NC3CCCCCC3)c3ccccc3)[nH]c2c1. The molecular weight excluding hydrogens is 382 g/mol. The summed E-state index contributed by atoms with van der Waals surface area (Å²) < 4.78 is 5.30. The van der Waals surface area contributed by atoms with Crippen LogP contribution in [-0.4, -0.2) is 29.0 Å². The Morgan fingerprint density at radius 3 is 2.62 bits per heavy atom. The van der Waals surface area contributed by atoms with Gasteiger partial charge < -0.3 is 15.0 Å². The molecule has 0 saturated heterocycles. The number of hydrogen-bond acceptors (Lipinski definition) is 4. The third kappa shape index (κ3) is 4.93. The number of benzene rings is 2. The molecule has 1 amide bonds. The molecule has 5 nitrogen and oxygen atoms in total. The molecular formula is C23H27N3O2S. The molecule has 3 aromatic rings. The molecule has 2 aromatic carbocycles. The Morgan fingerprint density at radius 1 is 1.14 bits per heavy atom. The number of imidazole rings is 1. The van der Waals surface area contributed by atoms with Gasteiger partial charge in [0.25, 0.3) is 0 Å². The smallest absolute Gasteiger partial charge is 0.238 e. The van der Waals surface area contributed by atoms with Gasteiger partial charge in [-0.2, -0.15) is 0 Å². The number of thioether (sulfide) groups is 1. The van der Waals surface area contributed by atoms with Crippen molar-refractivity contribution < 1.29 is 9.53 Å². The van der Waals surface area contributed by atoms with Gasteiger partial charge in [-0.1, -0.05) is 67.8 Å². The third-order valence-electron chi connectivity index (χ3n) is 5.44. The zero-order chi connectivity index (χ0) is 20.1. The number of nitrogens with one attached hydrogen (secondary N) is 2. The summed E-state index contributed by atoms with van der Waals surface area (Å²) in [5.74, 6) is 0.842. The summed E-state index contributed by atoms with van der Waals surface area (Å²) in [4.78, 5) is 21.3. The van der Waals surface area contributed by atoms with E-state index < -0.39 is 0 Å². The highest BCUT2D eigenvalue weighted by atomic mass is 32.2. The first-order chi connectivity index (χ1) is 14.2. The summed E-state index contributed by atoms with van der Waals surface area (Å²) in [6.07, 6.45) is 7.07. The van der Waals surface area contributed by atoms with Crippen molar-refractivity contribution in [2.75, 3.05) is 7.11 Å². The summed E-state index contributed by atoms with van der Waals surface area (Å²) in [5.41, 5.74) is 2.76. The first-order valence-electron chi connectivity index (χ1n) is 10.3. The van der Waals surface area contributed by atoms with Crippen LogP contribution < -0.4 is 10.1 Å². The summed E-state index contributed by atoms with van der Waals surface area (Å²) >= 11 is 1.46. The average Bonchev–Trinajstić information content (AvgIpc) is 2.98. The van der Waals surface area contributed by atoms with Gasteiger partial charge in [0.1, 0.15) is 11.0 Å². The fourth-order valence-corrected chi connectivity index (χ4v) is 4.87. The molecule has 1 fully saturated rings. The predicted molar refractivity (Wildman–Crippen MR) is 117 cm³/mol. The Balaban J connectivity index is 1.56. The van der Waals surface area contributed by atoms with Crippen LogP contribution >= 0.6 is 11.8 Å². The van der Waals surface area contributed by atoms with Crippen LogP contribution in [0.4, 0.5) is 0 Å². The van der Waals surface area contributed by atoms with Gasteiger partial charge in [0, 0.05) is 12.1 Å². The first kappa shape index (κ1) is 19.8. The van der Waals surface area contributed by atoms with Crippen molar-refractivity contribution in [3.05, 3.63) is 54.1 Å². The van der Waals surface area contributed by atoms with Crippen LogP contribution in [-0.2, 0) is 4.79 Å². The molecule has 0 unspecified atom stereocenters. The van der Waals surface area contributed by atoms with E-state index >= 15 is 0 Å². The van der Waals surface area contributed by atoms with E-state index in [2.05, 4.69) is 15.3 Å². The molecule has 1 aromatic heterocycles. The zero-order valence-corrected chi connectivity index (χ0v) is 17.5. The lowest BCUT2D eigenvalue weighted by molar-refractivity contribution is -0.121. The lowest BCUT2D eigenvalue weighted by atomic mass is 10.1. The summed E-state index contributed by atoms with van der Waals surface area (Å²) in [7, 11) is 1.65. The van der Waals surface area contributed by atoms with Gasteiger partial charge in [-0.3, -0.25) is 4.79 Å². The van der Waals surface area contributed by atoms with Crippen molar-refractivity contribution in [3.63, 3.8) is 0 Å². The molecule has 0 bridgehead atoms. The maximum absolute atomic E-state index is 13.3. The number of fused-ring (bicyclic) bond motifs is 1. The number of hydrogen-bond donors (Lipinski definition) is 2. The Kier molecular flexibility index (Phi) is 6.39. The van der Waals surface area contributed by atoms with Crippen molar-refractivity contribution in [2.45, 2.75) is 55.0 Å². The minimum absolute atomic E-state index is 0.0612. The molecule has 6 heteroatoms. The van der Waals surface area contributed by atoms with E-state index in [1.807, 2.05) is 48.5 Å². The van der Waals surface area contributed by atoms with Crippen LogP contribution in [0.15, 0.2) is 53.7 Å². The van der Waals surface area contributed by atoms with E-state index in [1.54, 1.807) is 7.11 Å². The number of ether oxygens (including phenoxy) is 1. The maximum Gasteiger partial charge on any atom is 0.238 e. The number of carbonyl (C=O) groups is 1. The second-order valence-electron chi connectivity index (χ2n) is 7.53. The van der Waals surface area contributed by atoms with E-state index in [0.29, 0.717) is 0 Å². The lowest BCUT2D eigenvalue weighted by Gasteiger charge is -2.21. The molecule has 0 radical (unpaired) electrons. The molecule has 1 saturated carbocycles. The largest absolute Gasteiger partial charge is 0.497 e. The first-order valence-corrected chi connectivity index (χ1v) is 11.2. The Hall–Kier alpha value is -2.47. The molecule has 2 N–H and O–H groups in total. The van der Waals surface area contributed by atoms with E-state index in [-0.39, 0.29) is 17.2 Å². The molecule has 1 atom stereocenters. The molecule has 1 heterocycles. The van der Waals surface area contributed by atoms with Crippen molar-refractivity contribution >= 4 is 28.7 Å². The van der Waals surface area contributed by atoms with E-state index in [4.69, 9.17) is 4.74 Å². The summed E-state index contributed by atoms with van der Waals surface area (Å²) in [5, 5.41) is 3.70. The molecule has 0 aliphatic heterocycles. The minimum atomic E-state index is -0.345. The van der Waals surface area contributed by atoms with Gasteiger partial charge in [0.05, 0.1) is 18.1 Å². The number of aromatic nitrogens is 2. The van der Waals surface area contributed by atoms with Gasteiger partial charge in [-0.25, -0.2) is 4.98 Å². The van der Waals surface area contributed by atoms with Crippen LogP contribution in [0.3, 0.4) is 0 Å². The molecule has 1 aliphatic carbocycles. The van der Waals surface area contributed by atoms with Crippen LogP contribution in [0.1, 0.15) is 49.3 Å². The lowest BCUT2D eigenvalue weighted by Crippen LogP contribution is -2.37. The van der Waals surface area contributed by atoms with Crippen molar-refractivity contribution in [2.24, 2.45) is 0 Å². The monoisotopic (exact) mass is 409 g/mol. The zero-order valence-electron chi connectivity index (χ0n) is 16.7.